The molecule has 4 rings (SSSR count). The summed E-state index contributed by atoms with van der Waals surface area (Å²) in [5.41, 5.74) is 1.68. The third-order valence-corrected chi connectivity index (χ3v) is 6.23. The number of hydrogen-bond donors (Lipinski definition) is 4. The standard InChI is InChI=1S/C25H28F2N4O2/c26-19-4-1-17(2-5-19)3-8-23(32)31-25(10-13-28-14-11-25)24(33)29-12-9-18-16-30-22-7-6-20(27)15-21(18)22/h1-2,4-7,15-16,28,30H,3,8-14H2,(H,29,33)(H,31,32). The second-order valence-corrected chi connectivity index (χ2v) is 8.52. The fourth-order valence-electron chi connectivity index (χ4n) is 4.34. The number of hydrogen-bond acceptors (Lipinski definition) is 3. The van der Waals surface area contributed by atoms with E-state index in [1.54, 1.807) is 18.2 Å². The average Bonchev–Trinajstić information content (AvgIpc) is 3.21. The quantitative estimate of drug-likeness (QED) is 0.422. The summed E-state index contributed by atoms with van der Waals surface area (Å²) in [5.74, 6) is -1.02. The van der Waals surface area contributed by atoms with Crippen LogP contribution in [-0.2, 0) is 22.4 Å². The zero-order chi connectivity index (χ0) is 23.3. The van der Waals surface area contributed by atoms with E-state index < -0.39 is 5.54 Å². The van der Waals surface area contributed by atoms with Crippen molar-refractivity contribution in [1.29, 1.82) is 0 Å². The number of aryl methyl sites for hydroxylation is 1. The van der Waals surface area contributed by atoms with Gasteiger partial charge in [0.1, 0.15) is 17.2 Å². The van der Waals surface area contributed by atoms with Gasteiger partial charge in [0.15, 0.2) is 0 Å². The van der Waals surface area contributed by atoms with Crippen molar-refractivity contribution >= 4 is 22.7 Å². The minimum atomic E-state index is -0.961. The SMILES string of the molecule is O=C(CCc1ccc(F)cc1)NC1(C(=O)NCCc2c[nH]c3ccc(F)cc23)CCNCC1. The number of fused-ring (bicyclic) bond motifs is 1. The van der Waals surface area contributed by atoms with Gasteiger partial charge in [0.05, 0.1) is 0 Å². The highest BCUT2D eigenvalue weighted by Gasteiger charge is 2.40. The number of piperidine rings is 1. The van der Waals surface area contributed by atoms with Crippen LogP contribution < -0.4 is 16.0 Å². The number of H-pyrrole nitrogens is 1. The number of carbonyl (C=O) groups is 2. The maximum Gasteiger partial charge on any atom is 0.245 e. The topological polar surface area (TPSA) is 86.0 Å². The lowest BCUT2D eigenvalue weighted by atomic mass is 9.86. The molecule has 2 aromatic carbocycles. The van der Waals surface area contributed by atoms with Gasteiger partial charge in [-0.15, -0.1) is 0 Å². The number of halogens is 2. The molecule has 33 heavy (non-hydrogen) atoms. The largest absolute Gasteiger partial charge is 0.361 e. The third kappa shape index (κ3) is 5.57. The summed E-state index contributed by atoms with van der Waals surface area (Å²) < 4.78 is 26.7. The lowest BCUT2D eigenvalue weighted by Crippen LogP contribution is -2.63. The van der Waals surface area contributed by atoms with Crippen molar-refractivity contribution < 1.29 is 18.4 Å². The number of carbonyl (C=O) groups excluding carboxylic acids is 2. The minimum absolute atomic E-state index is 0.204. The Balaban J connectivity index is 1.35. The van der Waals surface area contributed by atoms with Crippen LogP contribution in [0.3, 0.4) is 0 Å². The molecule has 8 heteroatoms. The molecule has 1 aromatic heterocycles. The average molecular weight is 455 g/mol. The van der Waals surface area contributed by atoms with Crippen molar-refractivity contribution in [3.63, 3.8) is 0 Å². The van der Waals surface area contributed by atoms with Gasteiger partial charge in [0.25, 0.3) is 0 Å². The Bertz CT molecular complexity index is 1120. The second-order valence-electron chi connectivity index (χ2n) is 8.52. The number of aromatic amines is 1. The summed E-state index contributed by atoms with van der Waals surface area (Å²) in [6, 6.07) is 10.6. The van der Waals surface area contributed by atoms with Crippen molar-refractivity contribution in [3.8, 4) is 0 Å². The van der Waals surface area contributed by atoms with Gasteiger partial charge in [-0.2, -0.15) is 0 Å². The van der Waals surface area contributed by atoms with Crippen LogP contribution in [0.25, 0.3) is 10.9 Å². The Morgan fingerprint density at radius 3 is 2.45 bits per heavy atom. The van der Waals surface area contributed by atoms with Crippen molar-refractivity contribution in [1.82, 2.24) is 20.9 Å². The van der Waals surface area contributed by atoms with Gasteiger partial charge in [-0.05, 0) is 80.2 Å². The number of nitrogens with one attached hydrogen (secondary N) is 4. The third-order valence-electron chi connectivity index (χ3n) is 6.23. The summed E-state index contributed by atoms with van der Waals surface area (Å²) in [6.07, 6.45) is 4.06. The van der Waals surface area contributed by atoms with E-state index >= 15 is 0 Å². The molecule has 0 unspecified atom stereocenters. The first-order valence-corrected chi connectivity index (χ1v) is 11.3. The van der Waals surface area contributed by atoms with E-state index in [-0.39, 0.29) is 29.9 Å². The Labute approximate surface area is 191 Å². The van der Waals surface area contributed by atoms with Crippen molar-refractivity contribution in [2.45, 2.75) is 37.6 Å². The van der Waals surface area contributed by atoms with E-state index in [1.165, 1.54) is 24.3 Å². The van der Waals surface area contributed by atoms with Gasteiger partial charge in [0.2, 0.25) is 11.8 Å². The van der Waals surface area contributed by atoms with Crippen LogP contribution in [-0.4, -0.2) is 42.0 Å². The molecule has 0 radical (unpaired) electrons. The second kappa shape index (κ2) is 10.1. The highest BCUT2D eigenvalue weighted by Crippen LogP contribution is 2.21. The molecule has 1 aliphatic heterocycles. The summed E-state index contributed by atoms with van der Waals surface area (Å²) in [6.45, 7) is 1.64. The first-order valence-electron chi connectivity index (χ1n) is 11.3. The Morgan fingerprint density at radius 2 is 1.70 bits per heavy atom. The van der Waals surface area contributed by atoms with Crippen LogP contribution in [0.15, 0.2) is 48.7 Å². The Hall–Kier alpha value is -3.26. The van der Waals surface area contributed by atoms with Crippen LogP contribution >= 0.6 is 0 Å². The molecule has 3 aromatic rings. The van der Waals surface area contributed by atoms with E-state index in [0.717, 1.165) is 22.0 Å². The summed E-state index contributed by atoms with van der Waals surface area (Å²) in [4.78, 5) is 28.9. The molecular weight excluding hydrogens is 426 g/mol. The van der Waals surface area contributed by atoms with E-state index in [2.05, 4.69) is 20.9 Å². The molecular formula is C25H28F2N4O2. The number of benzene rings is 2. The molecule has 2 amide bonds. The van der Waals surface area contributed by atoms with E-state index in [4.69, 9.17) is 0 Å². The van der Waals surface area contributed by atoms with Gasteiger partial charge in [0, 0.05) is 30.1 Å². The molecule has 6 nitrogen and oxygen atoms in total. The fourth-order valence-corrected chi connectivity index (χ4v) is 4.34. The number of amides is 2. The molecule has 0 spiro atoms. The highest BCUT2D eigenvalue weighted by molar-refractivity contribution is 5.92. The smallest absolute Gasteiger partial charge is 0.245 e. The van der Waals surface area contributed by atoms with Gasteiger partial charge in [-0.3, -0.25) is 9.59 Å². The lowest BCUT2D eigenvalue weighted by Gasteiger charge is -2.37. The molecule has 1 saturated heterocycles. The maximum absolute atomic E-state index is 13.6. The van der Waals surface area contributed by atoms with Gasteiger partial charge >= 0.3 is 0 Å². The minimum Gasteiger partial charge on any atom is -0.361 e. The van der Waals surface area contributed by atoms with Crippen molar-refractivity contribution in [3.05, 3.63) is 71.4 Å². The van der Waals surface area contributed by atoms with Gasteiger partial charge in [-0.1, -0.05) is 12.1 Å². The number of aromatic nitrogens is 1. The van der Waals surface area contributed by atoms with E-state index in [0.29, 0.717) is 45.3 Å². The Kier molecular flexibility index (Phi) is 7.03. The molecule has 1 fully saturated rings. The lowest BCUT2D eigenvalue weighted by molar-refractivity contribution is -0.134. The zero-order valence-corrected chi connectivity index (χ0v) is 18.3. The van der Waals surface area contributed by atoms with Crippen LogP contribution in [0.4, 0.5) is 8.78 Å². The molecule has 0 atom stereocenters. The zero-order valence-electron chi connectivity index (χ0n) is 18.3. The molecule has 4 N–H and O–H groups in total. The van der Waals surface area contributed by atoms with E-state index in [1.807, 2.05) is 6.20 Å². The first kappa shape index (κ1) is 22.9. The van der Waals surface area contributed by atoms with Crippen molar-refractivity contribution in [2.75, 3.05) is 19.6 Å². The molecule has 1 aliphatic rings. The van der Waals surface area contributed by atoms with Gasteiger partial charge < -0.3 is 20.9 Å². The molecule has 0 bridgehead atoms. The molecule has 174 valence electrons. The summed E-state index contributed by atoms with van der Waals surface area (Å²) in [7, 11) is 0. The monoisotopic (exact) mass is 454 g/mol. The Morgan fingerprint density at radius 1 is 0.970 bits per heavy atom. The predicted octanol–water partition coefficient (Wildman–Crippen LogP) is 2.98. The molecule has 2 heterocycles. The summed E-state index contributed by atoms with van der Waals surface area (Å²) >= 11 is 0. The van der Waals surface area contributed by atoms with Crippen LogP contribution in [0.2, 0.25) is 0 Å². The molecule has 0 saturated carbocycles. The maximum atomic E-state index is 13.6. The summed E-state index contributed by atoms with van der Waals surface area (Å²) in [5, 5.41) is 9.97. The number of rotatable bonds is 8. The van der Waals surface area contributed by atoms with Crippen LogP contribution in [0.5, 0.6) is 0 Å². The highest BCUT2D eigenvalue weighted by atomic mass is 19.1. The fraction of sp³-hybridized carbons (Fsp3) is 0.360. The van der Waals surface area contributed by atoms with E-state index in [9.17, 15) is 18.4 Å². The normalized spacial score (nSPS) is 15.3. The van der Waals surface area contributed by atoms with Crippen LogP contribution in [0, 0.1) is 11.6 Å². The molecule has 0 aliphatic carbocycles. The van der Waals surface area contributed by atoms with Crippen LogP contribution in [0.1, 0.15) is 30.4 Å². The first-order chi connectivity index (χ1) is 15.9. The van der Waals surface area contributed by atoms with Crippen molar-refractivity contribution in [2.24, 2.45) is 0 Å². The predicted molar refractivity (Wildman–Crippen MR) is 123 cm³/mol. The van der Waals surface area contributed by atoms with Gasteiger partial charge in [-0.25, -0.2) is 8.78 Å².